The predicted molar refractivity (Wildman–Crippen MR) is 123 cm³/mol. The number of nitrogens with one attached hydrogen (secondary N) is 3. The summed E-state index contributed by atoms with van der Waals surface area (Å²) >= 11 is 0. The van der Waals surface area contributed by atoms with Gasteiger partial charge in [0, 0.05) is 6.54 Å². The van der Waals surface area contributed by atoms with Crippen LogP contribution in [-0.4, -0.2) is 77.2 Å². The Morgan fingerprint density at radius 3 is 1.97 bits per heavy atom. The molecule has 0 fully saturated rings. The topological polar surface area (TPSA) is 235 Å². The van der Waals surface area contributed by atoms with Gasteiger partial charge in [0.25, 0.3) is 0 Å². The molecule has 0 aromatic carbocycles. The summed E-state index contributed by atoms with van der Waals surface area (Å²) in [7, 11) is 0. The Balaban J connectivity index is 5.49. The first-order valence-electron chi connectivity index (χ1n) is 10.9. The summed E-state index contributed by atoms with van der Waals surface area (Å²) < 4.78 is 0. The van der Waals surface area contributed by atoms with E-state index in [1.54, 1.807) is 27.7 Å². The molecule has 0 aromatic heterocycles. The highest BCUT2D eigenvalue weighted by molar-refractivity contribution is 5.94. The smallest absolute Gasteiger partial charge is 0.326 e. The number of guanidine groups is 1. The summed E-state index contributed by atoms with van der Waals surface area (Å²) in [5, 5.41) is 26.0. The molecule has 11 N–H and O–H groups in total. The molecule has 5 atom stereocenters. The second kappa shape index (κ2) is 15.0. The van der Waals surface area contributed by atoms with Gasteiger partial charge in [0.15, 0.2) is 5.96 Å². The van der Waals surface area contributed by atoms with Crippen LogP contribution in [0.1, 0.15) is 47.0 Å². The van der Waals surface area contributed by atoms with Crippen molar-refractivity contribution in [3.05, 3.63) is 0 Å². The molecule has 0 aliphatic rings. The molecule has 0 spiro atoms. The summed E-state index contributed by atoms with van der Waals surface area (Å²) in [6, 6.07) is -4.47. The third kappa shape index (κ3) is 11.0. The van der Waals surface area contributed by atoms with Crippen molar-refractivity contribution in [2.75, 3.05) is 13.2 Å². The van der Waals surface area contributed by atoms with Crippen molar-refractivity contribution in [1.82, 2.24) is 16.0 Å². The van der Waals surface area contributed by atoms with Gasteiger partial charge in [0.05, 0.1) is 6.61 Å². The van der Waals surface area contributed by atoms with Crippen LogP contribution in [0.5, 0.6) is 0 Å². The van der Waals surface area contributed by atoms with Crippen LogP contribution in [0.25, 0.3) is 0 Å². The lowest BCUT2D eigenvalue weighted by Gasteiger charge is -2.28. The molecule has 0 saturated heterocycles. The van der Waals surface area contributed by atoms with E-state index < -0.39 is 54.5 Å². The Hall–Kier alpha value is -2.93. The number of nitrogens with zero attached hydrogens (tertiary/aromatic N) is 1. The van der Waals surface area contributed by atoms with E-state index in [-0.39, 0.29) is 30.8 Å². The van der Waals surface area contributed by atoms with Crippen molar-refractivity contribution in [1.29, 1.82) is 0 Å². The molecular formula is C20H39N7O6. The maximum atomic E-state index is 12.9. The molecule has 0 aliphatic heterocycles. The van der Waals surface area contributed by atoms with Crippen LogP contribution in [0, 0.1) is 11.8 Å². The van der Waals surface area contributed by atoms with E-state index >= 15 is 0 Å². The third-order valence-corrected chi connectivity index (χ3v) is 5.14. The van der Waals surface area contributed by atoms with Crippen LogP contribution in [0.4, 0.5) is 0 Å². The summed E-state index contributed by atoms with van der Waals surface area (Å²) in [6.07, 6.45) is 0.993. The number of amides is 3. The van der Waals surface area contributed by atoms with Gasteiger partial charge in [-0.05, 0) is 24.7 Å². The number of nitrogens with two attached hydrogens (primary N) is 3. The number of carbonyl (C=O) groups is 4. The van der Waals surface area contributed by atoms with Crippen molar-refractivity contribution in [2.45, 2.75) is 71.1 Å². The largest absolute Gasteiger partial charge is 0.480 e. The van der Waals surface area contributed by atoms with Crippen molar-refractivity contribution < 1.29 is 29.4 Å². The molecule has 33 heavy (non-hydrogen) atoms. The van der Waals surface area contributed by atoms with E-state index in [0.717, 1.165) is 0 Å². The Morgan fingerprint density at radius 1 is 0.939 bits per heavy atom. The monoisotopic (exact) mass is 473 g/mol. The van der Waals surface area contributed by atoms with E-state index in [0.29, 0.717) is 12.8 Å². The maximum Gasteiger partial charge on any atom is 0.326 e. The number of rotatable bonds is 15. The number of aliphatic carboxylic acids is 1. The zero-order chi connectivity index (χ0) is 25.7. The Labute approximate surface area is 193 Å². The zero-order valence-electron chi connectivity index (χ0n) is 19.7. The van der Waals surface area contributed by atoms with Crippen LogP contribution in [0.2, 0.25) is 0 Å². The molecule has 13 heteroatoms. The molecule has 0 aromatic rings. The molecule has 3 amide bonds. The van der Waals surface area contributed by atoms with Crippen LogP contribution in [-0.2, 0) is 19.2 Å². The summed E-state index contributed by atoms with van der Waals surface area (Å²) in [5.41, 5.74) is 16.1. The lowest BCUT2D eigenvalue weighted by Crippen LogP contribution is -2.59. The fourth-order valence-corrected chi connectivity index (χ4v) is 2.85. The molecule has 0 heterocycles. The minimum atomic E-state index is -1.23. The second-order valence-electron chi connectivity index (χ2n) is 8.24. The fourth-order valence-electron chi connectivity index (χ4n) is 2.85. The van der Waals surface area contributed by atoms with Crippen LogP contribution >= 0.6 is 0 Å². The molecule has 0 saturated carbocycles. The van der Waals surface area contributed by atoms with Crippen molar-refractivity contribution >= 4 is 29.7 Å². The number of aliphatic hydroxyl groups excluding tert-OH is 1. The van der Waals surface area contributed by atoms with Gasteiger partial charge in [-0.25, -0.2) is 4.79 Å². The highest BCUT2D eigenvalue weighted by Crippen LogP contribution is 2.11. The highest BCUT2D eigenvalue weighted by Gasteiger charge is 2.33. The SMILES string of the molecule is CCC(C)C(NC(=O)C(NC(=O)C(CCCN=C(N)N)NC(=O)C(N)CO)C(C)C)C(=O)O. The van der Waals surface area contributed by atoms with Crippen LogP contribution in [0.15, 0.2) is 4.99 Å². The second-order valence-corrected chi connectivity index (χ2v) is 8.24. The number of hydrogen-bond acceptors (Lipinski definition) is 7. The Morgan fingerprint density at radius 2 is 1.52 bits per heavy atom. The van der Waals surface area contributed by atoms with Gasteiger partial charge in [0.1, 0.15) is 24.2 Å². The number of aliphatic imine (C=N–C) groups is 1. The fraction of sp³-hybridized carbons (Fsp3) is 0.750. The molecular weight excluding hydrogens is 434 g/mol. The summed E-state index contributed by atoms with van der Waals surface area (Å²) in [6.45, 7) is 6.49. The number of carboxylic acids is 1. The van der Waals surface area contributed by atoms with Gasteiger partial charge in [-0.15, -0.1) is 0 Å². The number of carbonyl (C=O) groups excluding carboxylic acids is 3. The predicted octanol–water partition coefficient (Wildman–Crippen LogP) is -2.40. The average Bonchev–Trinajstić information content (AvgIpc) is 2.75. The van der Waals surface area contributed by atoms with Gasteiger partial charge in [-0.3, -0.25) is 19.4 Å². The van der Waals surface area contributed by atoms with E-state index in [9.17, 15) is 24.3 Å². The third-order valence-electron chi connectivity index (χ3n) is 5.14. The van der Waals surface area contributed by atoms with Crippen LogP contribution < -0.4 is 33.2 Å². The van der Waals surface area contributed by atoms with E-state index in [1.165, 1.54) is 0 Å². The van der Waals surface area contributed by atoms with Gasteiger partial charge >= 0.3 is 5.97 Å². The van der Waals surface area contributed by atoms with E-state index in [4.69, 9.17) is 22.3 Å². The molecule has 190 valence electrons. The van der Waals surface area contributed by atoms with Crippen LogP contribution in [0.3, 0.4) is 0 Å². The average molecular weight is 474 g/mol. The minimum Gasteiger partial charge on any atom is -0.480 e. The van der Waals surface area contributed by atoms with Gasteiger partial charge in [-0.2, -0.15) is 0 Å². The zero-order valence-corrected chi connectivity index (χ0v) is 19.7. The standard InChI is InChI=1S/C20H39N7O6/c1-5-11(4)15(19(32)33)27-18(31)14(10(2)3)26-17(30)13(7-6-8-24-20(22)23)25-16(29)12(21)9-28/h10-15,28H,5-9,21H2,1-4H3,(H,25,29)(H,26,30)(H,27,31)(H,32,33)(H4,22,23,24). The first-order chi connectivity index (χ1) is 15.3. The molecule has 0 bridgehead atoms. The summed E-state index contributed by atoms with van der Waals surface area (Å²) in [5.74, 6) is -4.04. The van der Waals surface area contributed by atoms with Crippen molar-refractivity contribution in [3.8, 4) is 0 Å². The number of hydrogen-bond donors (Lipinski definition) is 8. The van der Waals surface area contributed by atoms with E-state index in [1.807, 2.05) is 0 Å². The quantitative estimate of drug-likeness (QED) is 0.0717. The number of carboxylic acid groups (broad SMARTS) is 1. The normalized spacial score (nSPS) is 15.5. The Kier molecular flexibility index (Phi) is 13.7. The molecule has 0 aliphatic carbocycles. The molecule has 0 rings (SSSR count). The van der Waals surface area contributed by atoms with Gasteiger partial charge < -0.3 is 43.4 Å². The molecule has 13 nitrogen and oxygen atoms in total. The van der Waals surface area contributed by atoms with Gasteiger partial charge in [0.2, 0.25) is 17.7 Å². The van der Waals surface area contributed by atoms with E-state index in [2.05, 4.69) is 20.9 Å². The molecule has 0 radical (unpaired) electrons. The lowest BCUT2D eigenvalue weighted by molar-refractivity contribution is -0.144. The highest BCUT2D eigenvalue weighted by atomic mass is 16.4. The lowest BCUT2D eigenvalue weighted by atomic mass is 9.97. The summed E-state index contributed by atoms with van der Waals surface area (Å²) in [4.78, 5) is 53.3. The maximum absolute atomic E-state index is 12.9. The minimum absolute atomic E-state index is 0.117. The van der Waals surface area contributed by atoms with Crippen molar-refractivity contribution in [2.24, 2.45) is 34.0 Å². The van der Waals surface area contributed by atoms with Crippen molar-refractivity contribution in [3.63, 3.8) is 0 Å². The molecule has 5 unspecified atom stereocenters. The number of aliphatic hydroxyl groups is 1. The first kappa shape index (κ1) is 30.1. The Bertz CT molecular complexity index is 696. The first-order valence-corrected chi connectivity index (χ1v) is 10.9. The van der Waals surface area contributed by atoms with Gasteiger partial charge in [-0.1, -0.05) is 34.1 Å².